The lowest BCUT2D eigenvalue weighted by Gasteiger charge is -2.19. The number of benzene rings is 4. The maximum absolute atomic E-state index is 13.2. The number of hydrogen-bond acceptors (Lipinski definition) is 5. The van der Waals surface area contributed by atoms with Crippen LogP contribution in [0.1, 0.15) is 47.9 Å². The summed E-state index contributed by atoms with van der Waals surface area (Å²) in [6.07, 6.45) is 1.65. The normalized spacial score (nSPS) is 12.6. The Kier molecular flexibility index (Phi) is 9.32. The van der Waals surface area contributed by atoms with Gasteiger partial charge in [-0.05, 0) is 51.9 Å². The molecular weight excluding hydrogens is 514 g/mol. The Morgan fingerprint density at radius 2 is 1.39 bits per heavy atom. The Bertz CT molecular complexity index is 1410. The number of hydrogen-bond donors (Lipinski definition) is 1. The van der Waals surface area contributed by atoms with Gasteiger partial charge in [0.2, 0.25) is 0 Å². The molecule has 1 amide bonds. The fourth-order valence-corrected chi connectivity index (χ4v) is 5.10. The summed E-state index contributed by atoms with van der Waals surface area (Å²) in [5.74, 6) is 0.178. The molecule has 1 aliphatic rings. The van der Waals surface area contributed by atoms with Crippen molar-refractivity contribution in [3.05, 3.63) is 125 Å². The van der Waals surface area contributed by atoms with Gasteiger partial charge in [-0.3, -0.25) is 0 Å². The van der Waals surface area contributed by atoms with E-state index in [1.54, 1.807) is 0 Å². The molecule has 1 N–H and O–H groups in total. The predicted molar refractivity (Wildman–Crippen MR) is 159 cm³/mol. The van der Waals surface area contributed by atoms with Gasteiger partial charge >= 0.3 is 12.1 Å². The van der Waals surface area contributed by atoms with Crippen LogP contribution in [0.4, 0.5) is 4.79 Å². The van der Waals surface area contributed by atoms with E-state index < -0.39 is 18.1 Å². The van der Waals surface area contributed by atoms with Gasteiger partial charge in [0.1, 0.15) is 25.0 Å². The Morgan fingerprint density at radius 1 is 0.756 bits per heavy atom. The summed E-state index contributed by atoms with van der Waals surface area (Å²) in [4.78, 5) is 26.2. The van der Waals surface area contributed by atoms with Crippen LogP contribution in [0.25, 0.3) is 11.1 Å². The minimum atomic E-state index is -0.916. The molecule has 210 valence electrons. The number of carbonyl (C=O) groups excluding carboxylic acids is 2. The summed E-state index contributed by atoms with van der Waals surface area (Å²) >= 11 is 0. The lowest BCUT2D eigenvalue weighted by Crippen LogP contribution is -2.43. The average molecular weight is 550 g/mol. The van der Waals surface area contributed by atoms with Crippen LogP contribution >= 0.6 is 0 Å². The molecule has 6 heteroatoms. The van der Waals surface area contributed by atoms with E-state index in [4.69, 9.17) is 14.2 Å². The molecule has 4 aromatic rings. The summed E-state index contributed by atoms with van der Waals surface area (Å²) in [6, 6.07) is 32.4. The van der Waals surface area contributed by atoms with Crippen LogP contribution in [0, 0.1) is 0 Å². The summed E-state index contributed by atoms with van der Waals surface area (Å²) in [5.41, 5.74) is 6.30. The average Bonchev–Trinajstić information content (AvgIpc) is 3.33. The van der Waals surface area contributed by atoms with E-state index >= 15 is 0 Å². The van der Waals surface area contributed by atoms with Crippen molar-refractivity contribution in [2.24, 2.45) is 0 Å². The first-order valence-corrected chi connectivity index (χ1v) is 14.2. The van der Waals surface area contributed by atoms with E-state index in [0.29, 0.717) is 6.61 Å². The molecule has 0 heterocycles. The fraction of sp³-hybridized carbons (Fsp3) is 0.257. The number of alkyl carbamates (subject to hydrolysis) is 1. The number of carbonyl (C=O) groups is 2. The standard InChI is InChI=1S/C35H35NO5/c1-2-3-21-39-27-19-17-25(18-20-27)22-33(34(37)40-23-26-11-5-4-6-12-26)36-35(38)41-24-32-30-15-9-7-13-28(30)29-14-8-10-16-31(29)32/h4-20,32-33H,2-3,21-24H2,1H3,(H,36,38)/t33-/m0/s1. The van der Waals surface area contributed by atoms with Crippen molar-refractivity contribution >= 4 is 12.1 Å². The van der Waals surface area contributed by atoms with Gasteiger partial charge in [0.25, 0.3) is 0 Å². The van der Waals surface area contributed by atoms with Gasteiger partial charge in [0, 0.05) is 12.3 Å². The maximum Gasteiger partial charge on any atom is 0.407 e. The molecule has 0 bridgehead atoms. The minimum absolute atomic E-state index is 0.0723. The molecule has 0 saturated carbocycles. The molecule has 0 unspecified atom stereocenters. The first-order chi connectivity index (χ1) is 20.1. The third-order valence-electron chi connectivity index (χ3n) is 7.27. The van der Waals surface area contributed by atoms with Crippen LogP contribution < -0.4 is 10.1 Å². The van der Waals surface area contributed by atoms with Crippen LogP contribution in [0.15, 0.2) is 103 Å². The van der Waals surface area contributed by atoms with Crippen LogP contribution in [0.5, 0.6) is 5.75 Å². The molecular formula is C35H35NO5. The monoisotopic (exact) mass is 549 g/mol. The molecule has 5 rings (SSSR count). The zero-order valence-corrected chi connectivity index (χ0v) is 23.3. The van der Waals surface area contributed by atoms with Crippen molar-refractivity contribution < 1.29 is 23.8 Å². The first-order valence-electron chi connectivity index (χ1n) is 14.2. The molecule has 6 nitrogen and oxygen atoms in total. The largest absolute Gasteiger partial charge is 0.494 e. The summed E-state index contributed by atoms with van der Waals surface area (Å²) in [7, 11) is 0. The number of rotatable bonds is 12. The molecule has 0 spiro atoms. The molecule has 41 heavy (non-hydrogen) atoms. The Hall–Kier alpha value is -4.58. The van der Waals surface area contributed by atoms with Gasteiger partial charge in [0.15, 0.2) is 0 Å². The molecule has 0 aromatic heterocycles. The second-order valence-electron chi connectivity index (χ2n) is 10.2. The zero-order valence-electron chi connectivity index (χ0n) is 23.3. The highest BCUT2D eigenvalue weighted by Crippen LogP contribution is 2.44. The highest BCUT2D eigenvalue weighted by Gasteiger charge is 2.30. The van der Waals surface area contributed by atoms with Crippen molar-refractivity contribution in [1.82, 2.24) is 5.32 Å². The Balaban J connectivity index is 1.25. The van der Waals surface area contributed by atoms with E-state index in [1.165, 1.54) is 0 Å². The Labute approximate surface area is 241 Å². The third kappa shape index (κ3) is 7.14. The second-order valence-corrected chi connectivity index (χ2v) is 10.2. The quantitative estimate of drug-likeness (QED) is 0.151. The third-order valence-corrected chi connectivity index (χ3v) is 7.27. The number of unbranched alkanes of at least 4 members (excludes halogenated alkanes) is 1. The highest BCUT2D eigenvalue weighted by atomic mass is 16.6. The van der Waals surface area contributed by atoms with E-state index in [2.05, 4.69) is 36.5 Å². The number of nitrogens with one attached hydrogen (secondary N) is 1. The summed E-state index contributed by atoms with van der Waals surface area (Å²) < 4.78 is 17.1. The van der Waals surface area contributed by atoms with Gasteiger partial charge in [-0.2, -0.15) is 0 Å². The topological polar surface area (TPSA) is 73.9 Å². The summed E-state index contributed by atoms with van der Waals surface area (Å²) in [6.45, 7) is 3.06. The SMILES string of the molecule is CCCCOc1ccc(C[C@H](NC(=O)OCC2c3ccccc3-c3ccccc32)C(=O)OCc2ccccc2)cc1. The molecule has 1 aliphatic carbocycles. The van der Waals surface area contributed by atoms with E-state index in [1.807, 2.05) is 78.9 Å². The van der Waals surface area contributed by atoms with Crippen molar-refractivity contribution in [2.75, 3.05) is 13.2 Å². The van der Waals surface area contributed by atoms with Crippen LogP contribution in [0.2, 0.25) is 0 Å². The highest BCUT2D eigenvalue weighted by molar-refractivity contribution is 5.82. The van der Waals surface area contributed by atoms with Gasteiger partial charge in [0.05, 0.1) is 6.61 Å². The van der Waals surface area contributed by atoms with E-state index in [0.717, 1.165) is 52.0 Å². The lowest BCUT2D eigenvalue weighted by molar-refractivity contribution is -0.147. The molecule has 1 atom stereocenters. The van der Waals surface area contributed by atoms with Crippen molar-refractivity contribution in [3.63, 3.8) is 0 Å². The zero-order chi connectivity index (χ0) is 28.4. The van der Waals surface area contributed by atoms with E-state index in [9.17, 15) is 9.59 Å². The van der Waals surface area contributed by atoms with Crippen LogP contribution in [-0.4, -0.2) is 31.3 Å². The first kappa shape index (κ1) is 28.0. The minimum Gasteiger partial charge on any atom is -0.494 e. The van der Waals surface area contributed by atoms with Crippen molar-refractivity contribution in [1.29, 1.82) is 0 Å². The van der Waals surface area contributed by atoms with E-state index in [-0.39, 0.29) is 25.6 Å². The summed E-state index contributed by atoms with van der Waals surface area (Å²) in [5, 5.41) is 2.76. The van der Waals surface area contributed by atoms with Crippen molar-refractivity contribution in [3.8, 4) is 16.9 Å². The predicted octanol–water partition coefficient (Wildman–Crippen LogP) is 7.06. The van der Waals surface area contributed by atoms with Gasteiger partial charge in [-0.15, -0.1) is 0 Å². The van der Waals surface area contributed by atoms with Gasteiger partial charge < -0.3 is 19.5 Å². The molecule has 0 fully saturated rings. The molecule has 4 aromatic carbocycles. The number of ether oxygens (including phenoxy) is 3. The molecule has 0 saturated heterocycles. The molecule has 0 radical (unpaired) electrons. The fourth-order valence-electron chi connectivity index (χ4n) is 5.10. The van der Waals surface area contributed by atoms with Crippen LogP contribution in [-0.2, 0) is 27.3 Å². The lowest BCUT2D eigenvalue weighted by atomic mass is 9.98. The number of amides is 1. The van der Waals surface area contributed by atoms with Gasteiger partial charge in [-0.25, -0.2) is 9.59 Å². The van der Waals surface area contributed by atoms with Crippen molar-refractivity contribution in [2.45, 2.75) is 44.8 Å². The maximum atomic E-state index is 13.2. The number of esters is 1. The second kappa shape index (κ2) is 13.7. The smallest absolute Gasteiger partial charge is 0.407 e. The Morgan fingerprint density at radius 3 is 2.05 bits per heavy atom. The van der Waals surface area contributed by atoms with Gasteiger partial charge in [-0.1, -0.05) is 104 Å². The number of fused-ring (bicyclic) bond motifs is 3. The molecule has 0 aliphatic heterocycles. The van der Waals surface area contributed by atoms with Crippen LogP contribution in [0.3, 0.4) is 0 Å².